The zero-order valence-corrected chi connectivity index (χ0v) is 15.9. The van der Waals surface area contributed by atoms with Crippen LogP contribution in [0.3, 0.4) is 0 Å². The van der Waals surface area contributed by atoms with E-state index in [9.17, 15) is 18.0 Å². The number of carbonyl (C=O) groups is 2. The first-order valence-corrected chi connectivity index (χ1v) is 10.7. The topological polar surface area (TPSA) is 87.2 Å². The summed E-state index contributed by atoms with van der Waals surface area (Å²) in [5.74, 6) is -0.507. The zero-order chi connectivity index (χ0) is 19.0. The third-order valence-corrected chi connectivity index (χ3v) is 7.36. The second-order valence-corrected chi connectivity index (χ2v) is 8.87. The summed E-state index contributed by atoms with van der Waals surface area (Å²) in [6.07, 6.45) is 2.01. The summed E-state index contributed by atoms with van der Waals surface area (Å²) in [5, 5.41) is 0. The van der Waals surface area contributed by atoms with Crippen LogP contribution in [0.4, 0.5) is 5.69 Å². The molecule has 1 atom stereocenters. The minimum absolute atomic E-state index is 0.0949. The van der Waals surface area contributed by atoms with Gasteiger partial charge in [0.25, 0.3) is 0 Å². The van der Waals surface area contributed by atoms with Gasteiger partial charge in [-0.1, -0.05) is 18.6 Å². The Morgan fingerprint density at radius 1 is 1.11 bits per heavy atom. The van der Waals surface area contributed by atoms with Crippen LogP contribution < -0.4 is 4.90 Å². The van der Waals surface area contributed by atoms with Gasteiger partial charge in [0.15, 0.2) is 0 Å². The highest BCUT2D eigenvalue weighted by atomic mass is 32.2. The second kappa shape index (κ2) is 7.21. The van der Waals surface area contributed by atoms with Crippen LogP contribution in [0.5, 0.6) is 0 Å². The van der Waals surface area contributed by atoms with Crippen LogP contribution in [-0.2, 0) is 24.3 Å². The minimum Gasteiger partial charge on any atom is -0.378 e. The molecule has 2 fully saturated rings. The highest BCUT2D eigenvalue weighted by Crippen LogP contribution is 2.36. The first-order chi connectivity index (χ1) is 13.0. The van der Waals surface area contributed by atoms with Gasteiger partial charge in [-0.15, -0.1) is 0 Å². The van der Waals surface area contributed by atoms with E-state index in [4.69, 9.17) is 4.74 Å². The van der Waals surface area contributed by atoms with Gasteiger partial charge in [-0.25, -0.2) is 8.42 Å². The lowest BCUT2D eigenvalue weighted by Crippen LogP contribution is -2.53. The average Bonchev–Trinajstić information content (AvgIpc) is 2.77. The maximum absolute atomic E-state index is 13.3. The molecule has 3 heterocycles. The molecule has 3 aliphatic rings. The highest BCUT2D eigenvalue weighted by Gasteiger charge is 2.45. The van der Waals surface area contributed by atoms with Crippen LogP contribution in [-0.4, -0.2) is 74.9 Å². The van der Waals surface area contributed by atoms with E-state index in [0.29, 0.717) is 45.0 Å². The first-order valence-electron chi connectivity index (χ1n) is 9.28. The summed E-state index contributed by atoms with van der Waals surface area (Å²) in [4.78, 5) is 29.2. The number of rotatable bonds is 2. The van der Waals surface area contributed by atoms with Gasteiger partial charge in [0, 0.05) is 19.6 Å². The van der Waals surface area contributed by atoms with E-state index in [0.717, 1.165) is 12.8 Å². The number of sulfonamides is 1. The fourth-order valence-corrected chi connectivity index (χ4v) is 5.82. The Balaban J connectivity index is 1.73. The smallest absolute Gasteiger partial charge is 0.245 e. The van der Waals surface area contributed by atoms with Gasteiger partial charge < -0.3 is 14.5 Å². The molecule has 0 spiro atoms. The molecule has 0 aromatic heterocycles. The molecule has 27 heavy (non-hydrogen) atoms. The number of piperidine rings is 1. The standard InChI is InChI=1S/C18H23N3O5S/c22-17(19-9-11-26-12-10-19)13-20-14-5-1-2-7-16(14)27(24,25)21-8-4-3-6-15(21)18(20)23/h1-2,5,7,15H,3-4,6,8-13H2/t15-/m1/s1. The van der Waals surface area contributed by atoms with Crippen molar-refractivity contribution in [3.05, 3.63) is 24.3 Å². The van der Waals surface area contributed by atoms with Crippen molar-refractivity contribution in [2.24, 2.45) is 0 Å². The van der Waals surface area contributed by atoms with Crippen molar-refractivity contribution in [2.45, 2.75) is 30.2 Å². The number of morpholine rings is 1. The number of hydrogen-bond acceptors (Lipinski definition) is 5. The van der Waals surface area contributed by atoms with Crippen molar-refractivity contribution in [1.82, 2.24) is 9.21 Å². The van der Waals surface area contributed by atoms with E-state index >= 15 is 0 Å². The maximum atomic E-state index is 13.3. The fraction of sp³-hybridized carbons (Fsp3) is 0.556. The normalized spacial score (nSPS) is 25.5. The molecule has 1 aromatic rings. The van der Waals surface area contributed by atoms with Crippen LogP contribution in [0.15, 0.2) is 29.2 Å². The molecule has 0 N–H and O–H groups in total. The number of anilines is 1. The average molecular weight is 393 g/mol. The molecule has 9 heteroatoms. The van der Waals surface area contributed by atoms with Crippen molar-refractivity contribution in [3.63, 3.8) is 0 Å². The molecule has 4 rings (SSSR count). The predicted molar refractivity (Wildman–Crippen MR) is 97.7 cm³/mol. The number of amides is 2. The number of nitrogens with zero attached hydrogens (tertiary/aromatic N) is 3. The largest absolute Gasteiger partial charge is 0.378 e. The zero-order valence-electron chi connectivity index (χ0n) is 15.0. The van der Waals surface area contributed by atoms with Crippen LogP contribution in [0.25, 0.3) is 0 Å². The molecule has 0 saturated carbocycles. The Kier molecular flexibility index (Phi) is 4.92. The van der Waals surface area contributed by atoms with E-state index in [1.54, 1.807) is 23.1 Å². The molecule has 146 valence electrons. The summed E-state index contributed by atoms with van der Waals surface area (Å²) < 4.78 is 32.9. The minimum atomic E-state index is -3.78. The Hall–Kier alpha value is -1.97. The molecule has 1 aromatic carbocycles. The van der Waals surface area contributed by atoms with Gasteiger partial charge in [0.05, 0.1) is 18.9 Å². The lowest BCUT2D eigenvalue weighted by molar-refractivity contribution is -0.135. The van der Waals surface area contributed by atoms with E-state index in [-0.39, 0.29) is 23.3 Å². The number of para-hydroxylation sites is 1. The van der Waals surface area contributed by atoms with E-state index in [1.807, 2.05) is 0 Å². The SMILES string of the molecule is O=C(CN1C(=O)[C@H]2CCCCN2S(=O)(=O)c2ccccc21)N1CCOCC1. The van der Waals surface area contributed by atoms with Crippen molar-refractivity contribution in [2.75, 3.05) is 44.3 Å². The number of ether oxygens (including phenoxy) is 1. The Bertz CT molecular complexity index is 850. The molecule has 0 bridgehead atoms. The first kappa shape index (κ1) is 18.4. The lowest BCUT2D eigenvalue weighted by atomic mass is 10.0. The summed E-state index contributed by atoms with van der Waals surface area (Å²) in [6, 6.07) is 5.72. The quantitative estimate of drug-likeness (QED) is 0.727. The Labute approximate surface area is 158 Å². The Morgan fingerprint density at radius 2 is 1.85 bits per heavy atom. The van der Waals surface area contributed by atoms with Gasteiger partial charge in [-0.05, 0) is 25.0 Å². The summed E-state index contributed by atoms with van der Waals surface area (Å²) in [5.41, 5.74) is 0.290. The van der Waals surface area contributed by atoms with Gasteiger partial charge >= 0.3 is 0 Å². The molecule has 0 aliphatic carbocycles. The molecular weight excluding hydrogens is 370 g/mol. The number of hydrogen-bond donors (Lipinski definition) is 0. The fourth-order valence-electron chi connectivity index (χ4n) is 3.97. The predicted octanol–water partition coefficient (Wildman–Crippen LogP) is 0.435. The van der Waals surface area contributed by atoms with Gasteiger partial charge in [0.1, 0.15) is 17.5 Å². The summed E-state index contributed by atoms with van der Waals surface area (Å²) >= 11 is 0. The van der Waals surface area contributed by atoms with E-state index in [2.05, 4.69) is 0 Å². The van der Waals surface area contributed by atoms with Crippen LogP contribution in [0.2, 0.25) is 0 Å². The molecule has 2 saturated heterocycles. The Morgan fingerprint density at radius 3 is 2.63 bits per heavy atom. The van der Waals surface area contributed by atoms with Crippen LogP contribution in [0.1, 0.15) is 19.3 Å². The van der Waals surface area contributed by atoms with E-state index in [1.165, 1.54) is 15.3 Å². The molecule has 0 unspecified atom stereocenters. The molecule has 0 radical (unpaired) electrons. The monoisotopic (exact) mass is 393 g/mol. The van der Waals surface area contributed by atoms with Crippen molar-refractivity contribution in [1.29, 1.82) is 0 Å². The van der Waals surface area contributed by atoms with Gasteiger partial charge in [0.2, 0.25) is 21.8 Å². The van der Waals surface area contributed by atoms with Crippen molar-refractivity contribution in [3.8, 4) is 0 Å². The number of fused-ring (bicyclic) bond motifs is 2. The van der Waals surface area contributed by atoms with Crippen molar-refractivity contribution >= 4 is 27.5 Å². The lowest BCUT2D eigenvalue weighted by Gasteiger charge is -2.34. The van der Waals surface area contributed by atoms with Gasteiger partial charge in [-0.3, -0.25) is 9.59 Å². The number of benzene rings is 1. The third kappa shape index (κ3) is 3.24. The molecular formula is C18H23N3O5S. The van der Waals surface area contributed by atoms with Crippen LogP contribution in [0, 0.1) is 0 Å². The van der Waals surface area contributed by atoms with E-state index < -0.39 is 16.1 Å². The maximum Gasteiger partial charge on any atom is 0.245 e. The number of carbonyl (C=O) groups excluding carboxylic acids is 2. The second-order valence-electron chi connectivity index (χ2n) is 7.01. The third-order valence-electron chi connectivity index (χ3n) is 5.40. The summed E-state index contributed by atoms with van der Waals surface area (Å²) in [7, 11) is -3.78. The molecule has 8 nitrogen and oxygen atoms in total. The molecule has 3 aliphatic heterocycles. The van der Waals surface area contributed by atoms with Gasteiger partial charge in [-0.2, -0.15) is 4.31 Å². The molecule has 2 amide bonds. The highest BCUT2D eigenvalue weighted by molar-refractivity contribution is 7.89. The summed E-state index contributed by atoms with van der Waals surface area (Å²) in [6.45, 7) is 2.09. The van der Waals surface area contributed by atoms with Crippen molar-refractivity contribution < 1.29 is 22.7 Å². The van der Waals surface area contributed by atoms with Crippen LogP contribution >= 0.6 is 0 Å².